The van der Waals surface area contributed by atoms with Gasteiger partial charge in [0.15, 0.2) is 0 Å². The largest absolute Gasteiger partial charge is 0.354 e. The van der Waals surface area contributed by atoms with Crippen molar-refractivity contribution < 1.29 is 4.79 Å². The second-order valence-corrected chi connectivity index (χ2v) is 7.73. The molecule has 4 heteroatoms. The SMILES string of the molecule is CN(C)CC(C)(C)CNC(=O)C1CC2CCCCC2N1. The molecule has 20 heavy (non-hydrogen) atoms. The third-order valence-electron chi connectivity index (χ3n) is 4.66. The summed E-state index contributed by atoms with van der Waals surface area (Å²) in [7, 11) is 4.15. The highest BCUT2D eigenvalue weighted by molar-refractivity contribution is 5.82. The highest BCUT2D eigenvalue weighted by Crippen LogP contribution is 2.33. The zero-order valence-electron chi connectivity index (χ0n) is 13.5. The molecule has 0 aromatic rings. The lowest BCUT2D eigenvalue weighted by Gasteiger charge is -2.29. The summed E-state index contributed by atoms with van der Waals surface area (Å²) in [5.41, 5.74) is 0.116. The Kier molecular flexibility index (Phi) is 5.08. The summed E-state index contributed by atoms with van der Waals surface area (Å²) in [4.78, 5) is 14.5. The van der Waals surface area contributed by atoms with Gasteiger partial charge in [0.1, 0.15) is 0 Å². The summed E-state index contributed by atoms with van der Waals surface area (Å²) in [5.74, 6) is 0.931. The minimum atomic E-state index is 0.0401. The van der Waals surface area contributed by atoms with E-state index in [4.69, 9.17) is 0 Å². The van der Waals surface area contributed by atoms with Gasteiger partial charge in [-0.25, -0.2) is 0 Å². The van der Waals surface area contributed by atoms with Gasteiger partial charge in [0.25, 0.3) is 0 Å². The molecule has 0 aromatic heterocycles. The lowest BCUT2D eigenvalue weighted by molar-refractivity contribution is -0.123. The van der Waals surface area contributed by atoms with Crippen LogP contribution in [0, 0.1) is 11.3 Å². The van der Waals surface area contributed by atoms with Crippen LogP contribution in [0.4, 0.5) is 0 Å². The van der Waals surface area contributed by atoms with Gasteiger partial charge in [0, 0.05) is 19.1 Å². The topological polar surface area (TPSA) is 44.4 Å². The molecule has 0 bridgehead atoms. The number of nitrogens with zero attached hydrogens (tertiary/aromatic N) is 1. The number of nitrogens with one attached hydrogen (secondary N) is 2. The summed E-state index contributed by atoms with van der Waals surface area (Å²) in [6.45, 7) is 6.14. The van der Waals surface area contributed by atoms with Gasteiger partial charge in [-0.05, 0) is 44.7 Å². The zero-order valence-corrected chi connectivity index (χ0v) is 13.5. The van der Waals surface area contributed by atoms with Crippen molar-refractivity contribution in [2.75, 3.05) is 27.2 Å². The molecule has 3 atom stereocenters. The monoisotopic (exact) mass is 281 g/mol. The molecule has 2 rings (SSSR count). The van der Waals surface area contributed by atoms with E-state index < -0.39 is 0 Å². The highest BCUT2D eigenvalue weighted by atomic mass is 16.2. The van der Waals surface area contributed by atoms with E-state index in [-0.39, 0.29) is 17.4 Å². The van der Waals surface area contributed by atoms with Gasteiger partial charge in [0.2, 0.25) is 5.91 Å². The van der Waals surface area contributed by atoms with Gasteiger partial charge in [-0.3, -0.25) is 4.79 Å². The van der Waals surface area contributed by atoms with Gasteiger partial charge >= 0.3 is 0 Å². The average Bonchev–Trinajstić information content (AvgIpc) is 2.78. The number of hydrogen-bond acceptors (Lipinski definition) is 3. The Morgan fingerprint density at radius 2 is 2.00 bits per heavy atom. The summed E-state index contributed by atoms with van der Waals surface area (Å²) >= 11 is 0. The first-order chi connectivity index (χ1) is 9.37. The molecular weight excluding hydrogens is 250 g/mol. The van der Waals surface area contributed by atoms with Crippen LogP contribution >= 0.6 is 0 Å². The maximum atomic E-state index is 12.3. The molecule has 4 nitrogen and oxygen atoms in total. The predicted octanol–water partition coefficient (Wildman–Crippen LogP) is 1.61. The Hall–Kier alpha value is -0.610. The van der Waals surface area contributed by atoms with Crippen molar-refractivity contribution in [3.63, 3.8) is 0 Å². The van der Waals surface area contributed by atoms with Crippen LogP contribution in [0.2, 0.25) is 0 Å². The lowest BCUT2D eigenvalue weighted by Crippen LogP contribution is -2.47. The zero-order chi connectivity index (χ0) is 14.8. The molecule has 1 aliphatic carbocycles. The number of carbonyl (C=O) groups is 1. The molecule has 0 spiro atoms. The third kappa shape index (κ3) is 4.19. The smallest absolute Gasteiger partial charge is 0.237 e. The lowest BCUT2D eigenvalue weighted by atomic mass is 9.85. The van der Waals surface area contributed by atoms with Gasteiger partial charge in [-0.2, -0.15) is 0 Å². The van der Waals surface area contributed by atoms with Crippen molar-refractivity contribution in [2.24, 2.45) is 11.3 Å². The van der Waals surface area contributed by atoms with Crippen LogP contribution in [0.25, 0.3) is 0 Å². The first-order valence-corrected chi connectivity index (χ1v) is 8.06. The first-order valence-electron chi connectivity index (χ1n) is 8.06. The van der Waals surface area contributed by atoms with Crippen LogP contribution in [0.1, 0.15) is 46.0 Å². The minimum absolute atomic E-state index is 0.0401. The van der Waals surface area contributed by atoms with E-state index in [1.807, 2.05) is 0 Å². The fraction of sp³-hybridized carbons (Fsp3) is 0.938. The maximum Gasteiger partial charge on any atom is 0.237 e. The van der Waals surface area contributed by atoms with Gasteiger partial charge in [0.05, 0.1) is 6.04 Å². The first kappa shape index (κ1) is 15.8. The van der Waals surface area contributed by atoms with Crippen LogP contribution in [0.15, 0.2) is 0 Å². The van der Waals surface area contributed by atoms with Crippen molar-refractivity contribution in [3.8, 4) is 0 Å². The molecule has 2 fully saturated rings. The summed E-state index contributed by atoms with van der Waals surface area (Å²) in [6.07, 6.45) is 6.24. The van der Waals surface area contributed by atoms with Crippen LogP contribution in [0.5, 0.6) is 0 Å². The van der Waals surface area contributed by atoms with Gasteiger partial charge in [-0.1, -0.05) is 26.7 Å². The molecule has 1 heterocycles. The van der Waals surface area contributed by atoms with E-state index in [9.17, 15) is 4.79 Å². The summed E-state index contributed by atoms with van der Waals surface area (Å²) in [6, 6.07) is 0.632. The second-order valence-electron chi connectivity index (χ2n) is 7.73. The fourth-order valence-electron chi connectivity index (χ4n) is 3.88. The van der Waals surface area contributed by atoms with Crippen LogP contribution in [0.3, 0.4) is 0 Å². The van der Waals surface area contributed by atoms with E-state index >= 15 is 0 Å². The average molecular weight is 281 g/mol. The van der Waals surface area contributed by atoms with E-state index in [1.54, 1.807) is 0 Å². The molecular formula is C16H31N3O. The molecule has 3 unspecified atom stereocenters. The Morgan fingerprint density at radius 3 is 2.65 bits per heavy atom. The fourth-order valence-corrected chi connectivity index (χ4v) is 3.88. The Bertz CT molecular complexity index is 327. The van der Waals surface area contributed by atoms with Crippen LogP contribution in [-0.4, -0.2) is 50.1 Å². The highest BCUT2D eigenvalue weighted by Gasteiger charge is 2.38. The Balaban J connectivity index is 1.78. The predicted molar refractivity (Wildman–Crippen MR) is 82.6 cm³/mol. The number of fused-ring (bicyclic) bond motifs is 1. The molecule has 1 amide bonds. The standard InChI is InChI=1S/C16H31N3O/c1-16(2,11-19(3)4)10-17-15(20)14-9-12-7-5-6-8-13(12)18-14/h12-14,18H,5-11H2,1-4H3,(H,17,20). The summed E-state index contributed by atoms with van der Waals surface area (Å²) in [5, 5.41) is 6.70. The number of hydrogen-bond donors (Lipinski definition) is 2. The van der Waals surface area contributed by atoms with Crippen molar-refractivity contribution in [1.29, 1.82) is 0 Å². The molecule has 0 radical (unpaired) electrons. The summed E-state index contributed by atoms with van der Waals surface area (Å²) < 4.78 is 0. The molecule has 1 aliphatic heterocycles. The molecule has 1 saturated heterocycles. The quantitative estimate of drug-likeness (QED) is 0.805. The van der Waals surface area contributed by atoms with Crippen LogP contribution < -0.4 is 10.6 Å². The van der Waals surface area contributed by atoms with Gasteiger partial charge in [-0.15, -0.1) is 0 Å². The molecule has 2 N–H and O–H groups in total. The Morgan fingerprint density at radius 1 is 1.30 bits per heavy atom. The number of amides is 1. The van der Waals surface area contributed by atoms with E-state index in [1.165, 1.54) is 25.7 Å². The van der Waals surface area contributed by atoms with E-state index in [2.05, 4.69) is 43.5 Å². The van der Waals surface area contributed by atoms with E-state index in [0.717, 1.165) is 25.4 Å². The molecule has 1 saturated carbocycles. The molecule has 0 aromatic carbocycles. The van der Waals surface area contributed by atoms with Crippen molar-refractivity contribution in [2.45, 2.75) is 58.0 Å². The van der Waals surface area contributed by atoms with Crippen molar-refractivity contribution in [1.82, 2.24) is 15.5 Å². The van der Waals surface area contributed by atoms with E-state index in [0.29, 0.717) is 6.04 Å². The maximum absolute atomic E-state index is 12.3. The van der Waals surface area contributed by atoms with Crippen molar-refractivity contribution >= 4 is 5.91 Å². The van der Waals surface area contributed by atoms with Gasteiger partial charge < -0.3 is 15.5 Å². The third-order valence-corrected chi connectivity index (χ3v) is 4.66. The molecule has 116 valence electrons. The number of rotatable bonds is 5. The normalized spacial score (nSPS) is 30.4. The van der Waals surface area contributed by atoms with Crippen molar-refractivity contribution in [3.05, 3.63) is 0 Å². The Labute approximate surface area is 123 Å². The second kappa shape index (κ2) is 6.44. The number of carbonyl (C=O) groups excluding carboxylic acids is 1. The van der Waals surface area contributed by atoms with Crippen LogP contribution in [-0.2, 0) is 4.79 Å². The minimum Gasteiger partial charge on any atom is -0.354 e. The molecule has 2 aliphatic rings.